The minimum Gasteiger partial charge on any atom is -0.326 e. The van der Waals surface area contributed by atoms with E-state index in [2.05, 4.69) is 20.4 Å². The fourth-order valence-electron chi connectivity index (χ4n) is 2.86. The minimum absolute atomic E-state index is 0.0217. The molecule has 1 N–H and O–H groups in total. The lowest BCUT2D eigenvalue weighted by Gasteiger charge is -2.05. The number of para-hydroxylation sites is 1. The first-order valence-electron chi connectivity index (χ1n) is 8.89. The van der Waals surface area contributed by atoms with Gasteiger partial charge in [0.25, 0.3) is 0 Å². The van der Waals surface area contributed by atoms with Crippen LogP contribution < -0.4 is 5.32 Å². The Kier molecular flexibility index (Phi) is 5.35. The van der Waals surface area contributed by atoms with Crippen LogP contribution in [0, 0.1) is 0 Å². The van der Waals surface area contributed by atoms with E-state index in [1.807, 2.05) is 30.3 Å². The molecule has 0 fully saturated rings. The summed E-state index contributed by atoms with van der Waals surface area (Å²) in [6, 6.07) is 16.6. The molecule has 0 saturated heterocycles. The molecule has 7 nitrogen and oxygen atoms in total. The molecule has 4 rings (SSSR count). The average molecular weight is 403 g/mol. The third-order valence-electron chi connectivity index (χ3n) is 4.20. The van der Waals surface area contributed by atoms with Crippen molar-refractivity contribution < 1.29 is 9.59 Å². The molecule has 1 amide bonds. The standard InChI is InChI=1S/C21H17N5O2S/c1-14(27)25-16-9-7-15(8-10-16)19(28)12-29-21-18-11-24-26(20(18)22-13-23-21)17-5-3-2-4-6-17/h2-11,13H,12H2,1H3,(H,25,27). The van der Waals surface area contributed by atoms with Crippen LogP contribution >= 0.6 is 11.8 Å². The van der Waals surface area contributed by atoms with Crippen LogP contribution in [-0.4, -0.2) is 37.2 Å². The van der Waals surface area contributed by atoms with Gasteiger partial charge in [0, 0.05) is 18.2 Å². The van der Waals surface area contributed by atoms with Gasteiger partial charge in [-0.2, -0.15) is 5.10 Å². The molecule has 2 aromatic carbocycles. The molecular formula is C21H17N5O2S. The highest BCUT2D eigenvalue weighted by Crippen LogP contribution is 2.26. The highest BCUT2D eigenvalue weighted by atomic mass is 32.2. The maximum Gasteiger partial charge on any atom is 0.221 e. The molecule has 29 heavy (non-hydrogen) atoms. The van der Waals surface area contributed by atoms with Crippen LogP contribution in [0.3, 0.4) is 0 Å². The molecule has 0 atom stereocenters. The number of ketones is 1. The Morgan fingerprint density at radius 3 is 2.52 bits per heavy atom. The SMILES string of the molecule is CC(=O)Nc1ccc(C(=O)CSc2ncnc3c2cnn3-c2ccccc2)cc1. The van der Waals surface area contributed by atoms with Crippen molar-refractivity contribution in [1.82, 2.24) is 19.7 Å². The molecule has 4 aromatic rings. The smallest absolute Gasteiger partial charge is 0.221 e. The Labute approximate surface area is 171 Å². The third kappa shape index (κ3) is 4.17. The molecule has 0 saturated carbocycles. The predicted molar refractivity (Wildman–Crippen MR) is 112 cm³/mol. The first-order chi connectivity index (χ1) is 14.1. The van der Waals surface area contributed by atoms with Gasteiger partial charge in [-0.3, -0.25) is 9.59 Å². The van der Waals surface area contributed by atoms with Gasteiger partial charge in [0.2, 0.25) is 5.91 Å². The molecule has 0 spiro atoms. The number of thioether (sulfide) groups is 1. The van der Waals surface area contributed by atoms with Gasteiger partial charge in [-0.1, -0.05) is 30.0 Å². The number of hydrogen-bond acceptors (Lipinski definition) is 6. The van der Waals surface area contributed by atoms with Crippen molar-refractivity contribution in [3.63, 3.8) is 0 Å². The first kappa shape index (κ1) is 18.8. The number of benzene rings is 2. The molecule has 144 valence electrons. The summed E-state index contributed by atoms with van der Waals surface area (Å²) >= 11 is 1.35. The van der Waals surface area contributed by atoms with Gasteiger partial charge in [0.15, 0.2) is 11.4 Å². The predicted octanol–water partition coefficient (Wildman–Crippen LogP) is 3.75. The lowest BCUT2D eigenvalue weighted by molar-refractivity contribution is -0.114. The number of nitrogens with zero attached hydrogens (tertiary/aromatic N) is 4. The number of Topliss-reactive ketones (excluding diaryl/α,β-unsaturated/α-hetero) is 1. The maximum atomic E-state index is 12.5. The second-order valence-corrected chi connectivity index (χ2v) is 7.24. The van der Waals surface area contributed by atoms with E-state index in [0.717, 1.165) is 11.1 Å². The summed E-state index contributed by atoms with van der Waals surface area (Å²) in [6.07, 6.45) is 3.20. The summed E-state index contributed by atoms with van der Waals surface area (Å²) in [5, 5.41) is 8.62. The molecule has 0 aliphatic rings. The van der Waals surface area contributed by atoms with Crippen molar-refractivity contribution in [3.8, 4) is 5.69 Å². The molecule has 2 aromatic heterocycles. The normalized spacial score (nSPS) is 10.8. The molecule has 0 aliphatic carbocycles. The van der Waals surface area contributed by atoms with Crippen molar-refractivity contribution in [2.24, 2.45) is 0 Å². The summed E-state index contributed by atoms with van der Waals surface area (Å²) in [5.74, 6) is 0.0670. The van der Waals surface area contributed by atoms with Crippen LogP contribution in [0.4, 0.5) is 5.69 Å². The van der Waals surface area contributed by atoms with E-state index >= 15 is 0 Å². The summed E-state index contributed by atoms with van der Waals surface area (Å²) in [5.41, 5.74) is 2.85. The van der Waals surface area contributed by atoms with Crippen molar-refractivity contribution in [2.75, 3.05) is 11.1 Å². The largest absolute Gasteiger partial charge is 0.326 e. The summed E-state index contributed by atoms with van der Waals surface area (Å²) in [6.45, 7) is 1.44. The maximum absolute atomic E-state index is 12.5. The van der Waals surface area contributed by atoms with Gasteiger partial charge in [-0.25, -0.2) is 14.6 Å². The van der Waals surface area contributed by atoms with Gasteiger partial charge in [0.05, 0.1) is 23.0 Å². The van der Waals surface area contributed by atoms with Gasteiger partial charge in [0.1, 0.15) is 11.4 Å². The fraction of sp³-hybridized carbons (Fsp3) is 0.0952. The quantitative estimate of drug-likeness (QED) is 0.300. The number of rotatable bonds is 6. The highest BCUT2D eigenvalue weighted by molar-refractivity contribution is 8.00. The Hall–Kier alpha value is -3.52. The lowest BCUT2D eigenvalue weighted by Crippen LogP contribution is -2.07. The highest BCUT2D eigenvalue weighted by Gasteiger charge is 2.14. The van der Waals surface area contributed by atoms with Crippen LogP contribution in [0.5, 0.6) is 0 Å². The van der Waals surface area contributed by atoms with Crippen LogP contribution in [0.15, 0.2) is 72.1 Å². The average Bonchev–Trinajstić information content (AvgIpc) is 3.17. The van der Waals surface area contributed by atoms with E-state index in [4.69, 9.17) is 0 Å². The zero-order chi connectivity index (χ0) is 20.2. The molecular weight excluding hydrogens is 386 g/mol. The Morgan fingerprint density at radius 1 is 1.03 bits per heavy atom. The number of carbonyl (C=O) groups excluding carboxylic acids is 2. The van der Waals surface area contributed by atoms with Crippen molar-refractivity contribution in [2.45, 2.75) is 11.9 Å². The topological polar surface area (TPSA) is 89.8 Å². The number of amides is 1. The lowest BCUT2D eigenvalue weighted by atomic mass is 10.1. The Balaban J connectivity index is 1.50. The Morgan fingerprint density at radius 2 is 1.79 bits per heavy atom. The third-order valence-corrected chi connectivity index (χ3v) is 5.20. The van der Waals surface area contributed by atoms with Crippen molar-refractivity contribution in [3.05, 3.63) is 72.7 Å². The number of nitrogens with one attached hydrogen (secondary N) is 1. The zero-order valence-corrected chi connectivity index (χ0v) is 16.4. The second-order valence-electron chi connectivity index (χ2n) is 6.28. The summed E-state index contributed by atoms with van der Waals surface area (Å²) < 4.78 is 1.75. The van der Waals surface area contributed by atoms with E-state index in [1.165, 1.54) is 25.0 Å². The van der Waals surface area contributed by atoms with Crippen molar-refractivity contribution in [1.29, 1.82) is 0 Å². The van der Waals surface area contributed by atoms with E-state index in [9.17, 15) is 9.59 Å². The number of hydrogen-bond donors (Lipinski definition) is 1. The van der Waals surface area contributed by atoms with Crippen LogP contribution in [0.25, 0.3) is 16.7 Å². The number of carbonyl (C=O) groups is 2. The van der Waals surface area contributed by atoms with E-state index in [1.54, 1.807) is 35.1 Å². The van der Waals surface area contributed by atoms with E-state index in [-0.39, 0.29) is 17.4 Å². The molecule has 0 aliphatic heterocycles. The molecule has 0 unspecified atom stereocenters. The van der Waals surface area contributed by atoms with E-state index in [0.29, 0.717) is 21.9 Å². The van der Waals surface area contributed by atoms with Crippen molar-refractivity contribution >= 4 is 40.2 Å². The number of anilines is 1. The van der Waals surface area contributed by atoms with E-state index < -0.39 is 0 Å². The molecule has 0 bridgehead atoms. The summed E-state index contributed by atoms with van der Waals surface area (Å²) in [7, 11) is 0. The number of fused-ring (bicyclic) bond motifs is 1. The van der Waals surface area contributed by atoms with Crippen LogP contribution in [0.1, 0.15) is 17.3 Å². The molecule has 8 heteroatoms. The first-order valence-corrected chi connectivity index (χ1v) is 9.88. The van der Waals surface area contributed by atoms with Crippen LogP contribution in [-0.2, 0) is 4.79 Å². The minimum atomic E-state index is -0.150. The number of aromatic nitrogens is 4. The molecule has 2 heterocycles. The van der Waals surface area contributed by atoms with Gasteiger partial charge >= 0.3 is 0 Å². The fourth-order valence-corrected chi connectivity index (χ4v) is 3.71. The summed E-state index contributed by atoms with van der Waals surface area (Å²) in [4.78, 5) is 32.3. The second kappa shape index (κ2) is 8.24. The monoisotopic (exact) mass is 403 g/mol. The zero-order valence-electron chi connectivity index (χ0n) is 15.6. The van der Waals surface area contributed by atoms with Crippen LogP contribution in [0.2, 0.25) is 0 Å². The molecule has 0 radical (unpaired) electrons. The van der Waals surface area contributed by atoms with Gasteiger partial charge < -0.3 is 5.32 Å². The Bertz CT molecular complexity index is 1170. The van der Waals surface area contributed by atoms with Gasteiger partial charge in [-0.05, 0) is 36.4 Å². The van der Waals surface area contributed by atoms with Gasteiger partial charge in [-0.15, -0.1) is 0 Å².